The lowest BCUT2D eigenvalue weighted by atomic mass is 10.3. The number of pyridine rings is 1. The van der Waals surface area contributed by atoms with Crippen molar-refractivity contribution in [3.63, 3.8) is 0 Å². The van der Waals surface area contributed by atoms with Gasteiger partial charge in [0.1, 0.15) is 0 Å². The molecule has 0 atom stereocenters. The lowest BCUT2D eigenvalue weighted by Crippen LogP contribution is -2.14. The molecular formula is C10H12N4O2. The van der Waals surface area contributed by atoms with Crippen LogP contribution in [0.5, 0.6) is 5.88 Å². The minimum Gasteiger partial charge on any atom is -0.481 e. The lowest BCUT2D eigenvalue weighted by molar-refractivity contribution is 0.395. The van der Waals surface area contributed by atoms with Gasteiger partial charge in [-0.3, -0.25) is 0 Å². The summed E-state index contributed by atoms with van der Waals surface area (Å²) in [7, 11) is 1.60. The Morgan fingerprint density at radius 2 is 2.31 bits per heavy atom. The summed E-state index contributed by atoms with van der Waals surface area (Å²) in [6, 6.07) is 5.63. The Kier molecular flexibility index (Phi) is 3.45. The molecule has 0 amide bonds. The molecule has 0 fully saturated rings. The standard InChI is InChI=1S/C10H12N4O2/c1-15-10-4-2-3-8(13-10)5-11-6-9-12-7-16-14-9/h2-4,7,11H,5-6H2,1H3. The maximum Gasteiger partial charge on any atom is 0.213 e. The second-order valence-electron chi connectivity index (χ2n) is 3.12. The van der Waals surface area contributed by atoms with E-state index in [1.165, 1.54) is 6.39 Å². The number of ether oxygens (including phenoxy) is 1. The predicted molar refractivity (Wildman–Crippen MR) is 55.6 cm³/mol. The molecule has 0 aliphatic rings. The molecule has 2 heterocycles. The minimum atomic E-state index is 0.551. The Labute approximate surface area is 92.7 Å². The third kappa shape index (κ3) is 2.77. The average Bonchev–Trinajstić information content (AvgIpc) is 2.82. The first kappa shape index (κ1) is 10.6. The van der Waals surface area contributed by atoms with Crippen molar-refractivity contribution in [3.05, 3.63) is 36.1 Å². The number of nitrogens with zero attached hydrogens (tertiary/aromatic N) is 3. The summed E-state index contributed by atoms with van der Waals surface area (Å²) in [5, 5.41) is 6.84. The normalized spacial score (nSPS) is 10.3. The molecule has 2 aromatic rings. The highest BCUT2D eigenvalue weighted by molar-refractivity contribution is 5.15. The van der Waals surface area contributed by atoms with Crippen LogP contribution in [0.4, 0.5) is 0 Å². The summed E-state index contributed by atoms with van der Waals surface area (Å²) >= 11 is 0. The van der Waals surface area contributed by atoms with Gasteiger partial charge in [0.2, 0.25) is 12.3 Å². The van der Waals surface area contributed by atoms with Crippen molar-refractivity contribution in [2.45, 2.75) is 13.1 Å². The number of nitrogens with one attached hydrogen (secondary N) is 1. The zero-order valence-corrected chi connectivity index (χ0v) is 8.88. The van der Waals surface area contributed by atoms with E-state index in [4.69, 9.17) is 4.74 Å². The van der Waals surface area contributed by atoms with Crippen molar-refractivity contribution in [2.24, 2.45) is 0 Å². The Morgan fingerprint density at radius 1 is 1.38 bits per heavy atom. The van der Waals surface area contributed by atoms with Crippen LogP contribution in [0.15, 0.2) is 29.1 Å². The van der Waals surface area contributed by atoms with E-state index in [9.17, 15) is 0 Å². The van der Waals surface area contributed by atoms with Gasteiger partial charge in [0, 0.05) is 12.6 Å². The first-order chi connectivity index (χ1) is 7.88. The van der Waals surface area contributed by atoms with Gasteiger partial charge >= 0.3 is 0 Å². The van der Waals surface area contributed by atoms with Crippen LogP contribution in [0.25, 0.3) is 0 Å². The fraction of sp³-hybridized carbons (Fsp3) is 0.300. The van der Waals surface area contributed by atoms with E-state index in [1.54, 1.807) is 7.11 Å². The summed E-state index contributed by atoms with van der Waals surface area (Å²) in [6.07, 6.45) is 1.31. The first-order valence-electron chi connectivity index (χ1n) is 4.84. The van der Waals surface area contributed by atoms with Crippen molar-refractivity contribution in [3.8, 4) is 5.88 Å². The number of aromatic nitrogens is 3. The largest absolute Gasteiger partial charge is 0.481 e. The second-order valence-corrected chi connectivity index (χ2v) is 3.12. The lowest BCUT2D eigenvalue weighted by Gasteiger charge is -2.03. The van der Waals surface area contributed by atoms with Gasteiger partial charge in [-0.25, -0.2) is 4.98 Å². The van der Waals surface area contributed by atoms with Gasteiger partial charge in [-0.1, -0.05) is 11.2 Å². The van der Waals surface area contributed by atoms with E-state index in [2.05, 4.69) is 25.0 Å². The van der Waals surface area contributed by atoms with Crippen molar-refractivity contribution in [1.82, 2.24) is 20.4 Å². The first-order valence-corrected chi connectivity index (χ1v) is 4.84. The molecule has 1 N–H and O–H groups in total. The van der Waals surface area contributed by atoms with Crippen LogP contribution in [0.2, 0.25) is 0 Å². The molecule has 6 nitrogen and oxygen atoms in total. The Hall–Kier alpha value is -1.95. The number of methoxy groups -OCH3 is 1. The van der Waals surface area contributed by atoms with Crippen LogP contribution in [0, 0.1) is 0 Å². The maximum absolute atomic E-state index is 5.03. The molecule has 0 saturated heterocycles. The Balaban J connectivity index is 1.85. The summed E-state index contributed by atoms with van der Waals surface area (Å²) in [4.78, 5) is 8.16. The fourth-order valence-corrected chi connectivity index (χ4v) is 1.24. The van der Waals surface area contributed by atoms with Crippen molar-refractivity contribution < 1.29 is 9.26 Å². The fourth-order valence-electron chi connectivity index (χ4n) is 1.24. The molecule has 0 aromatic carbocycles. The van der Waals surface area contributed by atoms with Crippen molar-refractivity contribution in [2.75, 3.05) is 7.11 Å². The van der Waals surface area contributed by atoms with Crippen molar-refractivity contribution in [1.29, 1.82) is 0 Å². The molecule has 0 aliphatic carbocycles. The molecular weight excluding hydrogens is 208 g/mol. The van der Waals surface area contributed by atoms with Gasteiger partial charge in [-0.05, 0) is 6.07 Å². The molecule has 2 rings (SSSR count). The van der Waals surface area contributed by atoms with Gasteiger partial charge in [0.05, 0.1) is 19.3 Å². The zero-order valence-electron chi connectivity index (χ0n) is 8.88. The van der Waals surface area contributed by atoms with Gasteiger partial charge in [-0.15, -0.1) is 0 Å². The van der Waals surface area contributed by atoms with Crippen LogP contribution in [0.3, 0.4) is 0 Å². The van der Waals surface area contributed by atoms with E-state index in [0.717, 1.165) is 5.69 Å². The molecule has 0 bridgehead atoms. The summed E-state index contributed by atoms with van der Waals surface area (Å²) in [5.41, 5.74) is 0.905. The molecule has 0 radical (unpaired) electrons. The Bertz CT molecular complexity index is 430. The molecule has 6 heteroatoms. The van der Waals surface area contributed by atoms with Gasteiger partial charge < -0.3 is 14.6 Å². The molecule has 0 spiro atoms. The number of hydrogen-bond acceptors (Lipinski definition) is 6. The van der Waals surface area contributed by atoms with Crippen LogP contribution >= 0.6 is 0 Å². The van der Waals surface area contributed by atoms with E-state index in [-0.39, 0.29) is 0 Å². The van der Waals surface area contributed by atoms with Crippen LogP contribution in [-0.4, -0.2) is 22.2 Å². The molecule has 84 valence electrons. The van der Waals surface area contributed by atoms with Crippen molar-refractivity contribution >= 4 is 0 Å². The number of rotatable bonds is 5. The molecule has 0 saturated carbocycles. The Morgan fingerprint density at radius 3 is 3.06 bits per heavy atom. The molecule has 16 heavy (non-hydrogen) atoms. The highest BCUT2D eigenvalue weighted by atomic mass is 16.5. The van der Waals surface area contributed by atoms with Gasteiger partial charge in [0.15, 0.2) is 5.82 Å². The quantitative estimate of drug-likeness (QED) is 0.802. The zero-order chi connectivity index (χ0) is 11.2. The maximum atomic E-state index is 5.03. The van der Waals surface area contributed by atoms with Gasteiger partial charge in [-0.2, -0.15) is 4.98 Å². The predicted octanol–water partition coefficient (Wildman–Crippen LogP) is 0.763. The SMILES string of the molecule is COc1cccc(CNCc2ncon2)n1. The monoisotopic (exact) mass is 220 g/mol. The third-order valence-corrected chi connectivity index (χ3v) is 1.99. The second kappa shape index (κ2) is 5.22. The number of hydrogen-bond donors (Lipinski definition) is 1. The van der Waals surface area contributed by atoms with E-state index >= 15 is 0 Å². The smallest absolute Gasteiger partial charge is 0.213 e. The third-order valence-electron chi connectivity index (χ3n) is 1.99. The minimum absolute atomic E-state index is 0.551. The summed E-state index contributed by atoms with van der Waals surface area (Å²) < 4.78 is 9.65. The van der Waals surface area contributed by atoms with Crippen LogP contribution in [0.1, 0.15) is 11.5 Å². The van der Waals surface area contributed by atoms with Crippen LogP contribution in [-0.2, 0) is 13.1 Å². The average molecular weight is 220 g/mol. The molecule has 0 aliphatic heterocycles. The summed E-state index contributed by atoms with van der Waals surface area (Å²) in [6.45, 7) is 1.18. The van der Waals surface area contributed by atoms with E-state index in [0.29, 0.717) is 24.8 Å². The van der Waals surface area contributed by atoms with Crippen LogP contribution < -0.4 is 10.1 Å². The highest BCUT2D eigenvalue weighted by Gasteiger charge is 1.99. The van der Waals surface area contributed by atoms with Gasteiger partial charge in [0.25, 0.3) is 0 Å². The highest BCUT2D eigenvalue weighted by Crippen LogP contribution is 2.06. The summed E-state index contributed by atoms with van der Waals surface area (Å²) in [5.74, 6) is 1.24. The molecule has 0 unspecified atom stereocenters. The topological polar surface area (TPSA) is 73.1 Å². The molecule has 2 aromatic heterocycles. The van der Waals surface area contributed by atoms with E-state index in [1.807, 2.05) is 18.2 Å². The van der Waals surface area contributed by atoms with E-state index < -0.39 is 0 Å².